The predicted octanol–water partition coefficient (Wildman–Crippen LogP) is 1.57. The highest BCUT2D eigenvalue weighted by molar-refractivity contribution is 5.61. The Morgan fingerprint density at radius 3 is 3.06 bits per heavy atom. The summed E-state index contributed by atoms with van der Waals surface area (Å²) in [7, 11) is 3.78. The van der Waals surface area contributed by atoms with Crippen LogP contribution in [0.3, 0.4) is 0 Å². The molecule has 1 aliphatic rings. The molecule has 2 rings (SSSR count). The van der Waals surface area contributed by atoms with Crippen LogP contribution in [-0.2, 0) is 0 Å². The zero-order valence-electron chi connectivity index (χ0n) is 11.1. The fourth-order valence-electron chi connectivity index (χ4n) is 2.32. The first-order chi connectivity index (χ1) is 8.70. The van der Waals surface area contributed by atoms with E-state index >= 15 is 0 Å². The van der Waals surface area contributed by atoms with Gasteiger partial charge in [-0.2, -0.15) is 4.98 Å². The summed E-state index contributed by atoms with van der Waals surface area (Å²) in [6.07, 6.45) is 3.83. The number of nitrogens with one attached hydrogen (secondary N) is 1. The summed E-state index contributed by atoms with van der Waals surface area (Å²) < 4.78 is 5.11. The van der Waals surface area contributed by atoms with Crippen LogP contribution >= 0.6 is 0 Å². The van der Waals surface area contributed by atoms with E-state index in [0.717, 1.165) is 6.54 Å². The van der Waals surface area contributed by atoms with E-state index in [1.807, 2.05) is 6.07 Å². The maximum Gasteiger partial charge on any atom is 0.215 e. The van der Waals surface area contributed by atoms with Crippen molar-refractivity contribution in [3.05, 3.63) is 12.1 Å². The lowest BCUT2D eigenvalue weighted by Gasteiger charge is -2.32. The maximum absolute atomic E-state index is 5.90. The number of aromatic nitrogens is 1. The number of hydrogen-bond donors (Lipinski definition) is 2. The Bertz CT molecular complexity index is 397. The van der Waals surface area contributed by atoms with E-state index in [4.69, 9.17) is 10.5 Å². The summed E-state index contributed by atoms with van der Waals surface area (Å²) in [4.78, 5) is 6.72. The van der Waals surface area contributed by atoms with Gasteiger partial charge in [0, 0.05) is 18.7 Å². The van der Waals surface area contributed by atoms with Crippen molar-refractivity contribution in [2.24, 2.45) is 0 Å². The molecule has 0 radical (unpaired) electrons. The number of pyridine rings is 1. The van der Waals surface area contributed by atoms with E-state index in [-0.39, 0.29) is 0 Å². The molecule has 1 fully saturated rings. The highest BCUT2D eigenvalue weighted by Crippen LogP contribution is 2.21. The Hall–Kier alpha value is -1.49. The maximum atomic E-state index is 5.90. The van der Waals surface area contributed by atoms with Gasteiger partial charge in [-0.3, -0.25) is 0 Å². The van der Waals surface area contributed by atoms with Gasteiger partial charge >= 0.3 is 0 Å². The smallest absolute Gasteiger partial charge is 0.215 e. The fraction of sp³-hybridized carbons (Fsp3) is 0.615. The Morgan fingerprint density at radius 1 is 1.50 bits per heavy atom. The summed E-state index contributed by atoms with van der Waals surface area (Å²) in [6.45, 7) is 2.05. The zero-order chi connectivity index (χ0) is 13.0. The Balaban J connectivity index is 1.96. The van der Waals surface area contributed by atoms with Gasteiger partial charge in [0.05, 0.1) is 12.8 Å². The van der Waals surface area contributed by atoms with Crippen LogP contribution in [0.15, 0.2) is 12.1 Å². The second-order valence-electron chi connectivity index (χ2n) is 4.80. The number of nitrogens with two attached hydrogens (primary N) is 1. The van der Waals surface area contributed by atoms with Crippen molar-refractivity contribution < 1.29 is 4.74 Å². The average Bonchev–Trinajstić information content (AvgIpc) is 2.39. The molecule has 2 heterocycles. The van der Waals surface area contributed by atoms with Crippen molar-refractivity contribution in [2.75, 3.05) is 38.3 Å². The summed E-state index contributed by atoms with van der Waals surface area (Å²) in [6, 6.07) is 4.15. The van der Waals surface area contributed by atoms with Gasteiger partial charge in [0.2, 0.25) is 5.88 Å². The van der Waals surface area contributed by atoms with Crippen molar-refractivity contribution in [3.63, 3.8) is 0 Å². The van der Waals surface area contributed by atoms with Crippen molar-refractivity contribution >= 4 is 11.5 Å². The number of anilines is 2. The molecule has 18 heavy (non-hydrogen) atoms. The molecule has 1 saturated heterocycles. The van der Waals surface area contributed by atoms with Gasteiger partial charge in [-0.1, -0.05) is 6.42 Å². The molecule has 1 aromatic heterocycles. The Morgan fingerprint density at radius 2 is 2.33 bits per heavy atom. The number of nitrogens with zero attached hydrogens (tertiary/aromatic N) is 2. The second-order valence-corrected chi connectivity index (χ2v) is 4.80. The van der Waals surface area contributed by atoms with Crippen LogP contribution in [0.25, 0.3) is 0 Å². The number of methoxy groups -OCH3 is 1. The quantitative estimate of drug-likeness (QED) is 0.849. The van der Waals surface area contributed by atoms with Gasteiger partial charge in [0.25, 0.3) is 0 Å². The molecule has 1 aromatic rings. The summed E-state index contributed by atoms with van der Waals surface area (Å²) >= 11 is 0. The van der Waals surface area contributed by atoms with E-state index in [1.54, 1.807) is 13.2 Å². The van der Waals surface area contributed by atoms with E-state index in [2.05, 4.69) is 22.2 Å². The van der Waals surface area contributed by atoms with Crippen molar-refractivity contribution in [1.29, 1.82) is 0 Å². The van der Waals surface area contributed by atoms with E-state index in [9.17, 15) is 0 Å². The number of likely N-dealkylation sites (N-methyl/N-ethyl adjacent to an activating group) is 1. The normalized spacial score (nSPS) is 20.7. The third-order valence-corrected chi connectivity index (χ3v) is 3.54. The SMILES string of the molecule is COc1ccc(N)c(NCC2CCCCN2C)n1. The predicted molar refractivity (Wildman–Crippen MR) is 74.0 cm³/mol. The van der Waals surface area contributed by atoms with Crippen LogP contribution in [0, 0.1) is 0 Å². The third kappa shape index (κ3) is 3.04. The molecule has 0 saturated carbocycles. The van der Waals surface area contributed by atoms with Crippen LogP contribution in [0.1, 0.15) is 19.3 Å². The Labute approximate surface area is 108 Å². The minimum absolute atomic E-state index is 0.561. The lowest BCUT2D eigenvalue weighted by Crippen LogP contribution is -2.40. The summed E-state index contributed by atoms with van der Waals surface area (Å²) in [5, 5.41) is 3.33. The molecule has 5 heteroatoms. The molecular formula is C13H22N4O. The lowest BCUT2D eigenvalue weighted by molar-refractivity contribution is 0.194. The number of ether oxygens (including phenoxy) is 1. The molecule has 0 amide bonds. The van der Waals surface area contributed by atoms with Crippen LogP contribution in [0.2, 0.25) is 0 Å². The molecule has 0 aromatic carbocycles. The molecule has 0 bridgehead atoms. The summed E-state index contributed by atoms with van der Waals surface area (Å²) in [5.74, 6) is 1.30. The fourth-order valence-corrected chi connectivity index (χ4v) is 2.32. The highest BCUT2D eigenvalue weighted by atomic mass is 16.5. The number of piperidine rings is 1. The van der Waals surface area contributed by atoms with Crippen LogP contribution in [0.5, 0.6) is 5.88 Å². The van der Waals surface area contributed by atoms with Crippen LogP contribution in [0.4, 0.5) is 11.5 Å². The molecule has 0 spiro atoms. The van der Waals surface area contributed by atoms with Crippen LogP contribution < -0.4 is 15.8 Å². The van der Waals surface area contributed by atoms with Gasteiger partial charge < -0.3 is 20.7 Å². The molecule has 100 valence electrons. The topological polar surface area (TPSA) is 63.4 Å². The van der Waals surface area contributed by atoms with Gasteiger partial charge in [0.1, 0.15) is 0 Å². The average molecular weight is 250 g/mol. The van der Waals surface area contributed by atoms with E-state index < -0.39 is 0 Å². The van der Waals surface area contributed by atoms with Gasteiger partial charge in [0.15, 0.2) is 5.82 Å². The monoisotopic (exact) mass is 250 g/mol. The van der Waals surface area contributed by atoms with E-state index in [0.29, 0.717) is 23.4 Å². The molecule has 1 atom stereocenters. The number of nitrogen functional groups attached to an aromatic ring is 1. The molecule has 1 unspecified atom stereocenters. The first kappa shape index (κ1) is 13.0. The van der Waals surface area contributed by atoms with Crippen molar-refractivity contribution in [1.82, 2.24) is 9.88 Å². The molecular weight excluding hydrogens is 228 g/mol. The molecule has 0 aliphatic carbocycles. The Kier molecular flexibility index (Phi) is 4.25. The van der Waals surface area contributed by atoms with Crippen LogP contribution in [-0.4, -0.2) is 43.2 Å². The van der Waals surface area contributed by atoms with E-state index in [1.165, 1.54) is 25.8 Å². The zero-order valence-corrected chi connectivity index (χ0v) is 11.1. The number of hydrogen-bond acceptors (Lipinski definition) is 5. The van der Waals surface area contributed by atoms with Crippen molar-refractivity contribution in [2.45, 2.75) is 25.3 Å². The van der Waals surface area contributed by atoms with Gasteiger partial charge in [-0.25, -0.2) is 0 Å². The summed E-state index contributed by atoms with van der Waals surface area (Å²) in [5.41, 5.74) is 6.56. The minimum Gasteiger partial charge on any atom is -0.481 e. The second kappa shape index (κ2) is 5.91. The minimum atomic E-state index is 0.561. The standard InChI is InChI=1S/C13H22N4O/c1-17-8-4-3-5-10(17)9-15-13-11(14)6-7-12(16-13)18-2/h6-7,10H,3-5,8-9,14H2,1-2H3,(H,15,16). The first-order valence-corrected chi connectivity index (χ1v) is 6.45. The van der Waals surface area contributed by atoms with Crippen molar-refractivity contribution in [3.8, 4) is 5.88 Å². The lowest BCUT2D eigenvalue weighted by atomic mass is 10.0. The molecule has 3 N–H and O–H groups in total. The number of rotatable bonds is 4. The molecule has 5 nitrogen and oxygen atoms in total. The number of likely N-dealkylation sites (tertiary alicyclic amines) is 1. The highest BCUT2D eigenvalue weighted by Gasteiger charge is 2.18. The molecule has 1 aliphatic heterocycles. The first-order valence-electron chi connectivity index (χ1n) is 6.45. The van der Waals surface area contributed by atoms with Gasteiger partial charge in [-0.15, -0.1) is 0 Å². The third-order valence-electron chi connectivity index (χ3n) is 3.54. The largest absolute Gasteiger partial charge is 0.481 e. The van der Waals surface area contributed by atoms with Gasteiger partial charge in [-0.05, 0) is 32.5 Å².